The Bertz CT molecular complexity index is 1040. The van der Waals surface area contributed by atoms with Gasteiger partial charge in [-0.05, 0) is 37.8 Å². The molecule has 0 unspecified atom stereocenters. The largest absolute Gasteiger partial charge is 0.342 e. The maximum atomic E-state index is 12.9. The van der Waals surface area contributed by atoms with Crippen LogP contribution in [0.5, 0.6) is 0 Å². The summed E-state index contributed by atoms with van der Waals surface area (Å²) in [5.41, 5.74) is 1.78. The smallest absolute Gasteiger partial charge is 0.326 e. The quantitative estimate of drug-likeness (QED) is 0.720. The fourth-order valence-electron chi connectivity index (χ4n) is 5.48. The SMILES string of the molecule is O=C(CN1CCN(C(=O)CN2CCC(n3c(=O)[nH]c4ccccc43)CC2)CC1)N1CCCC1. The van der Waals surface area contributed by atoms with Crippen LogP contribution < -0.4 is 5.69 Å². The zero-order valence-corrected chi connectivity index (χ0v) is 19.2. The maximum Gasteiger partial charge on any atom is 0.326 e. The van der Waals surface area contributed by atoms with Crippen LogP contribution in [-0.2, 0) is 9.59 Å². The lowest BCUT2D eigenvalue weighted by molar-refractivity contribution is -0.135. The molecule has 1 aromatic heterocycles. The van der Waals surface area contributed by atoms with Crippen molar-refractivity contribution in [3.63, 3.8) is 0 Å². The van der Waals surface area contributed by atoms with Crippen LogP contribution in [0.2, 0.25) is 0 Å². The van der Waals surface area contributed by atoms with Crippen LogP contribution in [0.3, 0.4) is 0 Å². The van der Waals surface area contributed by atoms with Crippen LogP contribution in [0.1, 0.15) is 31.7 Å². The number of hydrogen-bond acceptors (Lipinski definition) is 5. The van der Waals surface area contributed by atoms with E-state index in [1.807, 2.05) is 38.6 Å². The third kappa shape index (κ3) is 4.84. The zero-order chi connectivity index (χ0) is 22.8. The van der Waals surface area contributed by atoms with E-state index in [4.69, 9.17) is 0 Å². The number of nitrogens with one attached hydrogen (secondary N) is 1. The molecule has 0 radical (unpaired) electrons. The molecule has 9 heteroatoms. The number of carbonyl (C=O) groups is 2. The second-order valence-corrected chi connectivity index (χ2v) is 9.57. The minimum atomic E-state index is -0.0492. The van der Waals surface area contributed by atoms with E-state index in [2.05, 4.69) is 14.8 Å². The molecule has 5 rings (SSSR count). The molecule has 178 valence electrons. The molecule has 0 bridgehead atoms. The van der Waals surface area contributed by atoms with E-state index in [0.717, 1.165) is 76.0 Å². The molecule has 2 aromatic rings. The number of fused-ring (bicyclic) bond motifs is 1. The highest BCUT2D eigenvalue weighted by molar-refractivity contribution is 5.79. The topological polar surface area (TPSA) is 84.9 Å². The molecule has 3 aliphatic rings. The average Bonchev–Trinajstić information content (AvgIpc) is 3.48. The first-order valence-electron chi connectivity index (χ1n) is 12.3. The van der Waals surface area contributed by atoms with E-state index in [1.165, 1.54) is 0 Å². The number of aromatic nitrogens is 2. The molecular formula is C24H34N6O3. The number of rotatable bonds is 5. The minimum Gasteiger partial charge on any atom is -0.342 e. The molecule has 1 N–H and O–H groups in total. The van der Waals surface area contributed by atoms with Gasteiger partial charge in [-0.25, -0.2) is 4.79 Å². The van der Waals surface area contributed by atoms with Crippen molar-refractivity contribution in [2.75, 3.05) is 65.4 Å². The Labute approximate surface area is 193 Å². The highest BCUT2D eigenvalue weighted by Crippen LogP contribution is 2.24. The molecule has 33 heavy (non-hydrogen) atoms. The van der Waals surface area contributed by atoms with Gasteiger partial charge in [0.25, 0.3) is 0 Å². The summed E-state index contributed by atoms with van der Waals surface area (Å²) in [6, 6.07) is 7.98. The predicted octanol–water partition coefficient (Wildman–Crippen LogP) is 0.733. The van der Waals surface area contributed by atoms with Gasteiger partial charge in [-0.1, -0.05) is 12.1 Å². The summed E-state index contributed by atoms with van der Waals surface area (Å²) in [4.78, 5) is 49.0. The highest BCUT2D eigenvalue weighted by Gasteiger charge is 2.28. The lowest BCUT2D eigenvalue weighted by atomic mass is 10.0. The molecule has 0 aliphatic carbocycles. The van der Waals surface area contributed by atoms with Crippen molar-refractivity contribution >= 4 is 22.8 Å². The van der Waals surface area contributed by atoms with Gasteiger partial charge in [0.2, 0.25) is 11.8 Å². The van der Waals surface area contributed by atoms with Crippen molar-refractivity contribution in [2.45, 2.75) is 31.7 Å². The molecule has 0 spiro atoms. The molecule has 0 atom stereocenters. The summed E-state index contributed by atoms with van der Waals surface area (Å²) < 4.78 is 1.89. The summed E-state index contributed by atoms with van der Waals surface area (Å²) in [6.07, 6.45) is 3.95. The molecule has 1 aromatic carbocycles. The maximum absolute atomic E-state index is 12.9. The number of imidazole rings is 1. The normalized spacial score (nSPS) is 21.2. The molecule has 0 saturated carbocycles. The Balaban J connectivity index is 1.08. The second kappa shape index (κ2) is 9.69. The highest BCUT2D eigenvalue weighted by atomic mass is 16.2. The summed E-state index contributed by atoms with van der Waals surface area (Å²) in [5, 5.41) is 0. The molecule has 9 nitrogen and oxygen atoms in total. The number of hydrogen-bond donors (Lipinski definition) is 1. The minimum absolute atomic E-state index is 0.0492. The Morgan fingerprint density at radius 3 is 2.03 bits per heavy atom. The van der Waals surface area contributed by atoms with Crippen LogP contribution in [0.15, 0.2) is 29.1 Å². The number of nitrogens with zero attached hydrogens (tertiary/aromatic N) is 5. The van der Waals surface area contributed by atoms with Crippen molar-refractivity contribution in [2.24, 2.45) is 0 Å². The van der Waals surface area contributed by atoms with E-state index < -0.39 is 0 Å². The number of para-hydroxylation sites is 2. The van der Waals surface area contributed by atoms with Gasteiger partial charge in [0, 0.05) is 58.4 Å². The van der Waals surface area contributed by atoms with Gasteiger partial charge in [0.05, 0.1) is 24.1 Å². The van der Waals surface area contributed by atoms with E-state index in [1.54, 1.807) is 0 Å². The third-order valence-electron chi connectivity index (χ3n) is 7.45. The number of carbonyl (C=O) groups excluding carboxylic acids is 2. The van der Waals surface area contributed by atoms with Crippen molar-refractivity contribution in [1.82, 2.24) is 29.2 Å². The van der Waals surface area contributed by atoms with Crippen LogP contribution in [-0.4, -0.2) is 106 Å². The molecule has 2 amide bonds. The summed E-state index contributed by atoms with van der Waals surface area (Å²) in [7, 11) is 0. The molecule has 3 saturated heterocycles. The fourth-order valence-corrected chi connectivity index (χ4v) is 5.48. The zero-order valence-electron chi connectivity index (χ0n) is 19.2. The van der Waals surface area contributed by atoms with Gasteiger partial charge in [0.1, 0.15) is 0 Å². The van der Waals surface area contributed by atoms with Crippen molar-refractivity contribution < 1.29 is 9.59 Å². The fraction of sp³-hybridized carbons (Fsp3) is 0.625. The van der Waals surface area contributed by atoms with E-state index in [-0.39, 0.29) is 23.5 Å². The van der Waals surface area contributed by atoms with Crippen LogP contribution in [0.25, 0.3) is 11.0 Å². The standard InChI is InChI=1S/C24H34N6O3/c31-22(28-9-3-4-10-28)18-27-13-15-29(16-14-27)23(32)17-26-11-7-19(8-12-26)30-21-6-2-1-5-20(21)25-24(30)33/h1-2,5-6,19H,3-4,7-18H2,(H,25,33). The first kappa shape index (κ1) is 22.2. The van der Waals surface area contributed by atoms with Crippen molar-refractivity contribution in [1.29, 1.82) is 0 Å². The first-order valence-corrected chi connectivity index (χ1v) is 12.3. The van der Waals surface area contributed by atoms with E-state index >= 15 is 0 Å². The number of likely N-dealkylation sites (tertiary alicyclic amines) is 2. The summed E-state index contributed by atoms with van der Waals surface area (Å²) in [6.45, 7) is 7.21. The van der Waals surface area contributed by atoms with Gasteiger partial charge < -0.3 is 14.8 Å². The number of H-pyrrole nitrogens is 1. The number of benzene rings is 1. The van der Waals surface area contributed by atoms with Gasteiger partial charge in [-0.3, -0.25) is 24.0 Å². The molecule has 4 heterocycles. The van der Waals surface area contributed by atoms with Gasteiger partial charge in [-0.2, -0.15) is 0 Å². The Hall–Kier alpha value is -2.65. The number of piperidine rings is 1. The Morgan fingerprint density at radius 2 is 1.36 bits per heavy atom. The summed E-state index contributed by atoms with van der Waals surface area (Å²) in [5.74, 6) is 0.396. The van der Waals surface area contributed by atoms with Gasteiger partial charge in [0.15, 0.2) is 0 Å². The Kier molecular flexibility index (Phi) is 6.50. The van der Waals surface area contributed by atoms with Crippen molar-refractivity contribution in [3.8, 4) is 0 Å². The lowest BCUT2D eigenvalue weighted by Crippen LogP contribution is -2.53. The van der Waals surface area contributed by atoms with Crippen LogP contribution in [0, 0.1) is 0 Å². The van der Waals surface area contributed by atoms with Gasteiger partial charge >= 0.3 is 5.69 Å². The molecular weight excluding hydrogens is 420 g/mol. The molecule has 3 fully saturated rings. The second-order valence-electron chi connectivity index (χ2n) is 9.57. The molecule has 3 aliphatic heterocycles. The van der Waals surface area contributed by atoms with Crippen LogP contribution in [0.4, 0.5) is 0 Å². The van der Waals surface area contributed by atoms with Gasteiger partial charge in [-0.15, -0.1) is 0 Å². The van der Waals surface area contributed by atoms with E-state index in [9.17, 15) is 14.4 Å². The first-order chi connectivity index (χ1) is 16.1. The number of aromatic amines is 1. The monoisotopic (exact) mass is 454 g/mol. The van der Waals surface area contributed by atoms with E-state index in [0.29, 0.717) is 26.2 Å². The lowest BCUT2D eigenvalue weighted by Gasteiger charge is -2.37. The number of piperazine rings is 1. The predicted molar refractivity (Wildman–Crippen MR) is 126 cm³/mol. The number of amides is 2. The van der Waals surface area contributed by atoms with Crippen LogP contribution >= 0.6 is 0 Å². The third-order valence-corrected chi connectivity index (χ3v) is 7.45. The van der Waals surface area contributed by atoms with Crippen molar-refractivity contribution in [3.05, 3.63) is 34.7 Å². The Morgan fingerprint density at radius 1 is 0.788 bits per heavy atom. The summed E-state index contributed by atoms with van der Waals surface area (Å²) >= 11 is 0. The average molecular weight is 455 g/mol.